The summed E-state index contributed by atoms with van der Waals surface area (Å²) in [6.45, 7) is 34.6. The fourth-order valence-electron chi connectivity index (χ4n) is 19.1. The van der Waals surface area contributed by atoms with Crippen LogP contribution < -0.4 is 0 Å². The smallest absolute Gasteiger partial charge is 0.306 e. The number of hydrogen-bond acceptors (Lipinski definition) is 14. The first-order valence-corrected chi connectivity index (χ1v) is 52.2. The summed E-state index contributed by atoms with van der Waals surface area (Å²) in [5.74, 6) is 1.56. The minimum Gasteiger partial charge on any atom is -0.466 e. The second-order valence-electron chi connectivity index (χ2n) is 38.0. The number of unbranched alkanes of at least 4 members (excludes halogenated alkanes) is 37. The molecule has 2 heterocycles. The average Bonchev–Trinajstić information content (AvgIpc) is 1.67. The fourth-order valence-corrected chi connectivity index (χ4v) is 19.1. The van der Waals surface area contributed by atoms with E-state index in [0.29, 0.717) is 107 Å². The Bertz CT molecular complexity index is 2250. The van der Waals surface area contributed by atoms with Gasteiger partial charge in [0, 0.05) is 70.5 Å². The molecule has 0 aromatic rings. The number of esters is 4. The predicted octanol–water partition coefficient (Wildman–Crippen LogP) is 29.7. The Morgan fingerprint density at radius 2 is 0.610 bits per heavy atom. The Morgan fingerprint density at radius 3 is 0.932 bits per heavy atom. The van der Waals surface area contributed by atoms with Crippen LogP contribution in [0.25, 0.3) is 0 Å². The molecular weight excluding hydrogens is 1470 g/mol. The van der Waals surface area contributed by atoms with Crippen LogP contribution in [0.5, 0.6) is 0 Å². The first kappa shape index (κ1) is 112. The Morgan fingerprint density at radius 1 is 0.314 bits per heavy atom. The Balaban J connectivity index is 1.83. The van der Waals surface area contributed by atoms with Gasteiger partial charge in [0.25, 0.3) is 0 Å². The van der Waals surface area contributed by atoms with Gasteiger partial charge in [0.05, 0.1) is 51.8 Å². The lowest BCUT2D eigenvalue weighted by Crippen LogP contribution is -2.37. The van der Waals surface area contributed by atoms with Crippen molar-refractivity contribution in [1.82, 2.24) is 9.80 Å². The number of nitrogens with zero attached hydrogens (tertiary/aromatic N) is 2. The first-order valence-electron chi connectivity index (χ1n) is 52.2. The SMILES string of the molecule is CCCCCC(CCCCC)CC(=O)OCCCCCCCCCC1(CCCCCCCCCOC(=O)CC(CCCCC)C(CCCC)C(CCC)CC(CCCCC)CC(=O)OCCCCCCCCCC2(CCCCCCCCCOC(=O)CC(CCCCC)CCCCC)OCC(CN(C)C(C)C)O2)OCC(CN(CC)CC)O1. The number of ether oxygens (including phenoxy) is 8. The normalized spacial score (nSPS) is 18.1. The van der Waals surface area contributed by atoms with E-state index in [0.717, 1.165) is 225 Å². The van der Waals surface area contributed by atoms with Gasteiger partial charge in [0.15, 0.2) is 11.6 Å². The lowest BCUT2D eigenvalue weighted by Gasteiger charge is -2.36. The molecule has 698 valence electrons. The molecule has 8 unspecified atom stereocenters. The minimum atomic E-state index is -0.470. The number of rotatable bonds is 88. The molecular formula is C104H200N2O12. The highest BCUT2D eigenvalue weighted by molar-refractivity contribution is 5.70. The van der Waals surface area contributed by atoms with Crippen LogP contribution >= 0.6 is 0 Å². The van der Waals surface area contributed by atoms with E-state index in [1.54, 1.807) is 0 Å². The van der Waals surface area contributed by atoms with Crippen molar-refractivity contribution in [3.8, 4) is 0 Å². The topological polar surface area (TPSA) is 149 Å². The molecule has 0 N–H and O–H groups in total. The van der Waals surface area contributed by atoms with E-state index < -0.39 is 11.6 Å². The summed E-state index contributed by atoms with van der Waals surface area (Å²) < 4.78 is 50.8. The van der Waals surface area contributed by atoms with Crippen molar-refractivity contribution in [2.24, 2.45) is 35.5 Å². The van der Waals surface area contributed by atoms with Gasteiger partial charge in [-0.2, -0.15) is 0 Å². The quantitative estimate of drug-likeness (QED) is 0.0323. The fraction of sp³-hybridized carbons (Fsp3) is 0.962. The maximum absolute atomic E-state index is 14.0. The maximum atomic E-state index is 14.0. The summed E-state index contributed by atoms with van der Waals surface area (Å²) in [6.07, 6.45) is 73.5. The van der Waals surface area contributed by atoms with Crippen molar-refractivity contribution in [1.29, 1.82) is 0 Å². The van der Waals surface area contributed by atoms with Crippen LogP contribution in [0.3, 0.4) is 0 Å². The lowest BCUT2D eigenvalue weighted by molar-refractivity contribution is -0.181. The van der Waals surface area contributed by atoms with E-state index in [-0.39, 0.29) is 36.1 Å². The zero-order valence-electron chi connectivity index (χ0n) is 80.7. The highest BCUT2D eigenvalue weighted by atomic mass is 16.8. The summed E-state index contributed by atoms with van der Waals surface area (Å²) in [5, 5.41) is 0. The molecule has 2 aliphatic rings. The van der Waals surface area contributed by atoms with Crippen LogP contribution in [-0.2, 0) is 57.1 Å². The van der Waals surface area contributed by atoms with Crippen LogP contribution in [-0.4, -0.2) is 136 Å². The molecule has 0 saturated carbocycles. The maximum Gasteiger partial charge on any atom is 0.306 e. The molecule has 2 aliphatic heterocycles. The van der Waals surface area contributed by atoms with Gasteiger partial charge >= 0.3 is 23.9 Å². The zero-order valence-corrected chi connectivity index (χ0v) is 80.7. The third-order valence-electron chi connectivity index (χ3n) is 26.9. The molecule has 0 spiro atoms. The molecule has 0 aromatic heterocycles. The zero-order chi connectivity index (χ0) is 86.1. The van der Waals surface area contributed by atoms with Crippen LogP contribution in [0.4, 0.5) is 0 Å². The van der Waals surface area contributed by atoms with Gasteiger partial charge in [0.1, 0.15) is 0 Å². The molecule has 0 aliphatic carbocycles. The summed E-state index contributed by atoms with van der Waals surface area (Å²) in [5.41, 5.74) is 0. The monoisotopic (exact) mass is 1670 g/mol. The molecule has 8 atom stereocenters. The third-order valence-corrected chi connectivity index (χ3v) is 26.9. The van der Waals surface area contributed by atoms with Crippen LogP contribution in [0.15, 0.2) is 0 Å². The molecule has 0 bridgehead atoms. The molecule has 2 saturated heterocycles. The van der Waals surface area contributed by atoms with Crippen molar-refractivity contribution >= 4 is 23.9 Å². The first-order chi connectivity index (χ1) is 57.5. The number of carbonyl (C=O) groups excluding carboxylic acids is 4. The lowest BCUT2D eigenvalue weighted by atomic mass is 9.69. The van der Waals surface area contributed by atoms with Gasteiger partial charge < -0.3 is 47.7 Å². The van der Waals surface area contributed by atoms with Gasteiger partial charge in [-0.1, -0.05) is 339 Å². The van der Waals surface area contributed by atoms with Gasteiger partial charge in [-0.05, 0) is 172 Å². The van der Waals surface area contributed by atoms with Crippen molar-refractivity contribution in [2.45, 2.75) is 537 Å². The molecule has 14 heteroatoms. The van der Waals surface area contributed by atoms with Crippen molar-refractivity contribution in [3.05, 3.63) is 0 Å². The van der Waals surface area contributed by atoms with Gasteiger partial charge in [0.2, 0.25) is 0 Å². The van der Waals surface area contributed by atoms with Crippen LogP contribution in [0.1, 0.15) is 507 Å². The predicted molar refractivity (Wildman–Crippen MR) is 498 cm³/mol. The Hall–Kier alpha value is -2.36. The standard InChI is InChI=1S/C104H200N2O12/c1-14-24-51-66-91(67-52-25-15-2)82-99(107)111-77-61-47-39-31-35-43-57-73-103(115-88-96(117-103)86-105(13)90(11)12)74-58-44-36-32-41-49-63-79-113-101(109)84-93(70-55-28-18-5)81-94(65-21-8)98(72-30-20-7)95(71-56-29-19-6)85-102(110)114-80-64-50-42-34-38-46-60-76-104(116-89-97(118-104)87-106(22-9)23-10)75-59-45-37-33-40-48-62-78-112-100(108)83-92(68-53-26-16-3)69-54-27-17-4/h90-98H,14-89H2,1-13H3. The van der Waals surface area contributed by atoms with E-state index in [1.165, 1.54) is 199 Å². The van der Waals surface area contributed by atoms with Crippen molar-refractivity contribution in [3.63, 3.8) is 0 Å². The van der Waals surface area contributed by atoms with Gasteiger partial charge in [-0.15, -0.1) is 0 Å². The summed E-state index contributed by atoms with van der Waals surface area (Å²) in [4.78, 5) is 58.1. The minimum absolute atomic E-state index is 0.00802. The van der Waals surface area contributed by atoms with Crippen LogP contribution in [0, 0.1) is 35.5 Å². The van der Waals surface area contributed by atoms with Gasteiger partial charge in [-0.25, -0.2) is 0 Å². The summed E-state index contributed by atoms with van der Waals surface area (Å²) in [7, 11) is 2.19. The van der Waals surface area contributed by atoms with Gasteiger partial charge in [-0.3, -0.25) is 19.2 Å². The van der Waals surface area contributed by atoms with Crippen molar-refractivity contribution < 1.29 is 57.1 Å². The highest BCUT2D eigenvalue weighted by Gasteiger charge is 2.43. The van der Waals surface area contributed by atoms with E-state index in [4.69, 9.17) is 37.9 Å². The van der Waals surface area contributed by atoms with E-state index >= 15 is 0 Å². The van der Waals surface area contributed by atoms with E-state index in [2.05, 4.69) is 99.9 Å². The Kier molecular flexibility index (Phi) is 72.9. The highest BCUT2D eigenvalue weighted by Crippen LogP contribution is 2.42. The average molecular weight is 1670 g/mol. The number of carbonyl (C=O) groups is 4. The molecule has 14 nitrogen and oxygen atoms in total. The van der Waals surface area contributed by atoms with E-state index in [9.17, 15) is 19.2 Å². The molecule has 118 heavy (non-hydrogen) atoms. The van der Waals surface area contributed by atoms with Crippen molar-refractivity contribution in [2.75, 3.05) is 72.9 Å². The second kappa shape index (κ2) is 77.0. The van der Waals surface area contributed by atoms with E-state index in [1.807, 2.05) is 0 Å². The summed E-state index contributed by atoms with van der Waals surface area (Å²) in [6, 6.07) is 0.467. The third kappa shape index (κ3) is 58.8. The number of likely N-dealkylation sites (N-methyl/N-ethyl adjacent to an activating group) is 2. The largest absolute Gasteiger partial charge is 0.466 e. The van der Waals surface area contributed by atoms with Crippen LogP contribution in [0.2, 0.25) is 0 Å². The second-order valence-corrected chi connectivity index (χ2v) is 38.0. The molecule has 0 aromatic carbocycles. The molecule has 2 rings (SSSR count). The summed E-state index contributed by atoms with van der Waals surface area (Å²) >= 11 is 0. The molecule has 0 amide bonds. The number of hydrogen-bond donors (Lipinski definition) is 0. The Labute approximate surface area is 731 Å². The molecule has 0 radical (unpaired) electrons. The molecule has 2 fully saturated rings.